The number of amides is 9. The van der Waals surface area contributed by atoms with Crippen molar-refractivity contribution in [2.45, 2.75) is 191 Å². The fraction of sp³-hybridized carbons (Fsp3) is 0.422. The van der Waals surface area contributed by atoms with E-state index in [1.165, 1.54) is 36.2 Å². The first-order valence-electron chi connectivity index (χ1n) is 39.9. The van der Waals surface area contributed by atoms with Crippen LogP contribution in [-0.4, -0.2) is 186 Å². The molecule has 1 aromatic heterocycles. The molecule has 7 aromatic rings. The Morgan fingerprint density at radius 1 is 0.810 bits per heavy atom. The summed E-state index contributed by atoms with van der Waals surface area (Å²) in [6.45, 7) is 17.0. The number of hydrogen-bond donors (Lipinski definition) is 6. The molecule has 6 aromatic carbocycles. The minimum Gasteiger partial charge on any atom is -0.497 e. The van der Waals surface area contributed by atoms with Crippen LogP contribution in [0.5, 0.6) is 5.75 Å². The van der Waals surface area contributed by atoms with E-state index in [1.54, 1.807) is 88.2 Å². The van der Waals surface area contributed by atoms with Gasteiger partial charge in [0.2, 0.25) is 47.3 Å². The standard InChI is InChI=1S/C90H107FN10O15/c1-10-12-17-45-99(78(103)38-39-79(104)113-9)53-61-28-26-58(27-29-61)40-43-92-87(110)90(7)42-19-46-101(90)86(109)73(49-60-30-34-65(112-8)35-31-60)95-83(106)80(57(3)116-89(4,5)6)97-84(107)81-76-41-47-100(81)85(108)74(50-63-54-98(44-11-2)75-37-33-64(91)51-70(63)75)94-82(105)72(36-32-59-20-18-21-62(48-59)52-93-77(102)56-114-76)96-88(111)115-55-71-68-24-15-13-22-66(68)67-23-14-16-25-69(67)71/h10-11,13-16,18,20-31,33-35,37,48,51,54,57,71-74,76,80-81H,1-2,12,17,19,32,36,38-47,49-50,52-53,55-56H2,3-9H3,(H,92,110)(H,93,102)(H,94,105)(H,95,106)(H,96,111)(H,97,107)/t57-,72+,73+,74+,76+,80+,81+,90+/m1/s1. The molecule has 0 spiro atoms. The van der Waals surface area contributed by atoms with Gasteiger partial charge in [0.15, 0.2) is 0 Å². The van der Waals surface area contributed by atoms with Crippen molar-refractivity contribution in [3.63, 3.8) is 0 Å². The molecule has 4 bridgehead atoms. The van der Waals surface area contributed by atoms with Gasteiger partial charge < -0.3 is 74.9 Å². The molecule has 8 atom stereocenters. The molecule has 614 valence electrons. The number of allylic oxidation sites excluding steroid dienone is 2. The molecule has 3 aliphatic heterocycles. The van der Waals surface area contributed by atoms with Gasteiger partial charge in [0.1, 0.15) is 60.5 Å². The SMILES string of the molecule is C=CCCCN(Cc1ccc(CCNC(=O)[C@]2(C)CCCN2C(=O)[C@H](Cc2ccc(OC)cc2)NC(=O)[C@@H](NC(=O)[C@@H]2[C@@H]3CCN2C(=O)[C@H](Cc2cn(CC=C)c4ccc(F)cc24)NC(=O)[C@@H](NC(=O)OCC2c4ccccc4-c4ccccc42)CCc2cccc(c2)CNC(=O)CO3)[C@@H](C)OC(C)(C)C)cc1)C(=O)CCC(=O)OC. The lowest BCUT2D eigenvalue weighted by Gasteiger charge is -2.37. The molecule has 1 aliphatic carbocycles. The van der Waals surface area contributed by atoms with E-state index in [2.05, 4.69) is 45.1 Å². The van der Waals surface area contributed by atoms with E-state index in [0.29, 0.717) is 72.1 Å². The second-order valence-corrected chi connectivity index (χ2v) is 31.3. The van der Waals surface area contributed by atoms with Gasteiger partial charge in [-0.3, -0.25) is 43.2 Å². The Morgan fingerprint density at radius 3 is 2.22 bits per heavy atom. The number of carbonyl (C=O) groups is 10. The Hall–Kier alpha value is -11.5. The summed E-state index contributed by atoms with van der Waals surface area (Å²) < 4.78 is 46.5. The maximum Gasteiger partial charge on any atom is 0.407 e. The van der Waals surface area contributed by atoms with E-state index < -0.39 is 119 Å². The molecule has 9 amide bonds. The summed E-state index contributed by atoms with van der Waals surface area (Å²) in [5.41, 5.74) is 6.53. The number of aryl methyl sites for hydroxylation is 1. The van der Waals surface area contributed by atoms with Crippen LogP contribution in [0.1, 0.15) is 136 Å². The third kappa shape index (κ3) is 21.5. The lowest BCUT2D eigenvalue weighted by molar-refractivity contribution is -0.149. The third-order valence-corrected chi connectivity index (χ3v) is 22.0. The number of aromatic nitrogens is 1. The smallest absolute Gasteiger partial charge is 0.407 e. The number of halogens is 1. The molecule has 0 saturated carbocycles. The van der Waals surface area contributed by atoms with Crippen molar-refractivity contribution < 1.29 is 76.0 Å². The van der Waals surface area contributed by atoms with Crippen LogP contribution >= 0.6 is 0 Å². The fourth-order valence-electron chi connectivity index (χ4n) is 16.1. The monoisotopic (exact) mass is 1590 g/mol. The molecule has 2 saturated heterocycles. The number of unbranched alkanes of at least 4 members (excludes halogenated alkanes) is 1. The quantitative estimate of drug-likeness (QED) is 0.0139. The van der Waals surface area contributed by atoms with Gasteiger partial charge in [-0.05, 0) is 172 Å². The zero-order valence-electron chi connectivity index (χ0n) is 67.2. The van der Waals surface area contributed by atoms with Crippen LogP contribution in [0.25, 0.3) is 22.0 Å². The number of hydrogen-bond acceptors (Lipinski definition) is 15. The molecule has 0 unspecified atom stereocenters. The van der Waals surface area contributed by atoms with E-state index in [9.17, 15) is 24.0 Å². The number of rotatable bonds is 30. The first-order valence-corrected chi connectivity index (χ1v) is 39.9. The van der Waals surface area contributed by atoms with Crippen molar-refractivity contribution in [1.29, 1.82) is 0 Å². The van der Waals surface area contributed by atoms with E-state index in [4.69, 9.17) is 23.7 Å². The molecular formula is C90H107FN10O15. The van der Waals surface area contributed by atoms with Crippen LogP contribution in [0.3, 0.4) is 0 Å². The molecule has 25 nitrogen and oxygen atoms in total. The zero-order chi connectivity index (χ0) is 82.8. The highest BCUT2D eigenvalue weighted by molar-refractivity contribution is 5.99. The summed E-state index contributed by atoms with van der Waals surface area (Å²) in [5.74, 6) is -5.93. The Labute approximate surface area is 676 Å². The Kier molecular flexibility index (Phi) is 28.9. The zero-order valence-corrected chi connectivity index (χ0v) is 67.2. The van der Waals surface area contributed by atoms with Crippen molar-refractivity contribution in [3.8, 4) is 16.9 Å². The molecule has 2 fully saturated rings. The molecule has 0 radical (unpaired) electrons. The highest BCUT2D eigenvalue weighted by Gasteiger charge is 2.50. The largest absolute Gasteiger partial charge is 0.497 e. The van der Waals surface area contributed by atoms with E-state index in [0.717, 1.165) is 38.9 Å². The van der Waals surface area contributed by atoms with E-state index in [-0.39, 0.29) is 103 Å². The van der Waals surface area contributed by atoms with Crippen LogP contribution < -0.4 is 36.6 Å². The lowest BCUT2D eigenvalue weighted by atomic mass is 9.95. The molecule has 26 heteroatoms. The molecular weight excluding hydrogens is 1480 g/mol. The topological polar surface area (TPSA) is 304 Å². The number of esters is 1. The highest BCUT2D eigenvalue weighted by Crippen LogP contribution is 2.45. The van der Waals surface area contributed by atoms with Crippen molar-refractivity contribution in [2.75, 3.05) is 53.6 Å². The van der Waals surface area contributed by atoms with Gasteiger partial charge >= 0.3 is 12.1 Å². The van der Waals surface area contributed by atoms with Crippen molar-refractivity contribution >= 4 is 70.2 Å². The maximum absolute atomic E-state index is 16.2. The first kappa shape index (κ1) is 85.4. The van der Waals surface area contributed by atoms with Gasteiger partial charge in [-0.1, -0.05) is 121 Å². The average Bonchev–Trinajstić information content (AvgIpc) is 1.62. The summed E-state index contributed by atoms with van der Waals surface area (Å²) in [4.78, 5) is 152. The average molecular weight is 1590 g/mol. The number of alkyl carbamates (subject to hydrolysis) is 1. The van der Waals surface area contributed by atoms with Crippen molar-refractivity contribution in [3.05, 3.63) is 221 Å². The normalized spacial score (nSPS) is 19.2. The number of likely N-dealkylation sites (tertiary alicyclic amines) is 1. The van der Waals surface area contributed by atoms with Gasteiger partial charge in [-0.15, -0.1) is 13.2 Å². The van der Waals surface area contributed by atoms with E-state index >= 15 is 28.4 Å². The molecule has 116 heavy (non-hydrogen) atoms. The number of nitrogens with zero attached hydrogens (tertiary/aromatic N) is 4. The highest BCUT2D eigenvalue weighted by atomic mass is 19.1. The molecule has 4 aliphatic rings. The number of carbonyl (C=O) groups excluding carboxylic acids is 10. The Morgan fingerprint density at radius 2 is 1.52 bits per heavy atom. The summed E-state index contributed by atoms with van der Waals surface area (Å²) in [6, 6.07) is 34.4. The summed E-state index contributed by atoms with van der Waals surface area (Å²) >= 11 is 0. The van der Waals surface area contributed by atoms with Gasteiger partial charge in [-0.2, -0.15) is 0 Å². The first-order chi connectivity index (χ1) is 55.7. The van der Waals surface area contributed by atoms with Crippen LogP contribution in [0.15, 0.2) is 171 Å². The predicted molar refractivity (Wildman–Crippen MR) is 436 cm³/mol. The number of methoxy groups -OCH3 is 2. The second kappa shape index (κ2) is 39.2. The summed E-state index contributed by atoms with van der Waals surface area (Å²) in [7, 11) is 2.80. The minimum atomic E-state index is -1.63. The maximum atomic E-state index is 16.2. The van der Waals surface area contributed by atoms with Crippen molar-refractivity contribution in [1.82, 2.24) is 51.2 Å². The lowest BCUT2D eigenvalue weighted by Crippen LogP contribution is -2.64. The number of fused-ring (bicyclic) bond motifs is 8. The molecule has 4 heterocycles. The summed E-state index contributed by atoms with van der Waals surface area (Å²) in [6.07, 6.45) is 4.26. The predicted octanol–water partition coefficient (Wildman–Crippen LogP) is 9.56. The van der Waals surface area contributed by atoms with Crippen LogP contribution in [-0.2, 0) is 107 Å². The summed E-state index contributed by atoms with van der Waals surface area (Å²) in [5, 5.41) is 18.1. The van der Waals surface area contributed by atoms with Crippen molar-refractivity contribution in [2.24, 2.45) is 0 Å². The Balaban J connectivity index is 0.871. The van der Waals surface area contributed by atoms with Gasteiger partial charge in [0.05, 0.1) is 38.4 Å². The van der Waals surface area contributed by atoms with Gasteiger partial charge in [0.25, 0.3) is 0 Å². The van der Waals surface area contributed by atoms with Crippen LogP contribution in [0, 0.1) is 5.82 Å². The van der Waals surface area contributed by atoms with Gasteiger partial charge in [0, 0.05) is 88.1 Å². The third-order valence-electron chi connectivity index (χ3n) is 22.0. The van der Waals surface area contributed by atoms with Crippen LogP contribution in [0.4, 0.5) is 9.18 Å². The fourth-order valence-corrected chi connectivity index (χ4v) is 16.1. The molecule has 11 rings (SSSR count). The second-order valence-electron chi connectivity index (χ2n) is 31.3. The van der Waals surface area contributed by atoms with Gasteiger partial charge in [-0.25, -0.2) is 9.18 Å². The van der Waals surface area contributed by atoms with Crippen LogP contribution in [0.2, 0.25) is 0 Å². The number of ether oxygens (including phenoxy) is 5. The molecule has 6 N–H and O–H groups in total. The Bertz CT molecular complexity index is 4690. The minimum absolute atomic E-state index is 0.00895. The number of benzene rings is 6. The number of nitrogens with one attached hydrogen (secondary N) is 6. The van der Waals surface area contributed by atoms with E-state index in [1.807, 2.05) is 102 Å².